The van der Waals surface area contributed by atoms with Gasteiger partial charge in [0.25, 0.3) is 0 Å². The van der Waals surface area contributed by atoms with Crippen molar-refractivity contribution in [2.24, 2.45) is 0 Å². The first-order valence-electron chi connectivity index (χ1n) is 6.07. The Labute approximate surface area is 127 Å². The number of rotatable bonds is 8. The van der Waals surface area contributed by atoms with Crippen LogP contribution in [0.4, 0.5) is 0 Å². The van der Waals surface area contributed by atoms with Gasteiger partial charge in [0.05, 0.1) is 0 Å². The second kappa shape index (κ2) is 10.4. The normalized spacial score (nSPS) is 17.1. The third kappa shape index (κ3) is 7.87. The lowest BCUT2D eigenvalue weighted by atomic mass is 10.3. The second-order valence-electron chi connectivity index (χ2n) is 3.92. The lowest BCUT2D eigenvalue weighted by Gasteiger charge is -2.10. The highest BCUT2D eigenvalue weighted by Gasteiger charge is 2.10. The molecule has 1 aliphatic rings. The van der Waals surface area contributed by atoms with Gasteiger partial charge < -0.3 is 0 Å². The molecule has 0 amide bonds. The van der Waals surface area contributed by atoms with Crippen molar-refractivity contribution >= 4 is 52.2 Å². The van der Waals surface area contributed by atoms with Crippen LogP contribution in [-0.2, 0) is 4.79 Å². The summed E-state index contributed by atoms with van der Waals surface area (Å²) in [6.07, 6.45) is 5.76. The van der Waals surface area contributed by atoms with Gasteiger partial charge in [0.2, 0.25) is 5.12 Å². The lowest BCUT2D eigenvalue weighted by molar-refractivity contribution is -0.107. The van der Waals surface area contributed by atoms with Crippen LogP contribution in [-0.4, -0.2) is 27.0 Å². The zero-order valence-electron chi connectivity index (χ0n) is 10.9. The van der Waals surface area contributed by atoms with E-state index in [0.717, 1.165) is 17.9 Å². The molecule has 0 N–H and O–H groups in total. The second-order valence-corrected chi connectivity index (χ2v) is 8.89. The zero-order valence-corrected chi connectivity index (χ0v) is 14.2. The van der Waals surface area contributed by atoms with Gasteiger partial charge in [0.1, 0.15) is 0 Å². The molecule has 1 nitrogen and oxygen atoms in total. The maximum absolute atomic E-state index is 11.2. The third-order valence-corrected chi connectivity index (χ3v) is 6.70. The molecule has 0 spiro atoms. The lowest BCUT2D eigenvalue weighted by Crippen LogP contribution is -1.99. The van der Waals surface area contributed by atoms with Crippen molar-refractivity contribution in [3.05, 3.63) is 22.5 Å². The highest BCUT2D eigenvalue weighted by atomic mass is 32.2. The summed E-state index contributed by atoms with van der Waals surface area (Å²) >= 11 is 7.34. The number of carbonyl (C=O) groups is 1. The molecular formula is C13H20OS4. The van der Waals surface area contributed by atoms with Gasteiger partial charge in [0.15, 0.2) is 0 Å². The first-order valence-corrected chi connectivity index (χ1v) is 10.1. The topological polar surface area (TPSA) is 17.1 Å². The Hall–Kier alpha value is 0.550. The molecule has 102 valence electrons. The van der Waals surface area contributed by atoms with E-state index in [2.05, 4.69) is 12.3 Å². The van der Waals surface area contributed by atoms with Gasteiger partial charge >= 0.3 is 0 Å². The van der Waals surface area contributed by atoms with Gasteiger partial charge in [-0.05, 0) is 41.9 Å². The van der Waals surface area contributed by atoms with Crippen molar-refractivity contribution in [2.45, 2.75) is 31.9 Å². The van der Waals surface area contributed by atoms with Crippen molar-refractivity contribution in [1.82, 2.24) is 0 Å². The van der Waals surface area contributed by atoms with Crippen molar-refractivity contribution in [2.75, 3.05) is 16.6 Å². The summed E-state index contributed by atoms with van der Waals surface area (Å²) < 4.78 is 0. The highest BCUT2D eigenvalue weighted by molar-refractivity contribution is 8.22. The fourth-order valence-corrected chi connectivity index (χ4v) is 5.72. The Kier molecular flexibility index (Phi) is 9.55. The van der Waals surface area contributed by atoms with E-state index in [9.17, 15) is 4.79 Å². The molecule has 0 bridgehead atoms. The number of thioether (sulfide) groups is 4. The minimum atomic E-state index is 0.181. The van der Waals surface area contributed by atoms with Crippen LogP contribution in [0.5, 0.6) is 0 Å². The van der Waals surface area contributed by atoms with Crippen molar-refractivity contribution in [3.63, 3.8) is 0 Å². The van der Waals surface area contributed by atoms with Crippen LogP contribution in [0, 0.1) is 0 Å². The van der Waals surface area contributed by atoms with Gasteiger partial charge in [-0.25, -0.2) is 0 Å². The molecule has 0 aromatic carbocycles. The van der Waals surface area contributed by atoms with Crippen molar-refractivity contribution in [1.29, 1.82) is 0 Å². The van der Waals surface area contributed by atoms with Crippen LogP contribution >= 0.6 is 47.0 Å². The summed E-state index contributed by atoms with van der Waals surface area (Å²) in [4.78, 5) is 12.8. The quantitative estimate of drug-likeness (QED) is 0.461. The van der Waals surface area contributed by atoms with E-state index in [0.29, 0.717) is 5.25 Å². The summed E-state index contributed by atoms with van der Waals surface area (Å²) in [5.74, 6) is 2.10. The van der Waals surface area contributed by atoms with E-state index in [1.54, 1.807) is 12.2 Å². The Balaban J connectivity index is 1.98. The van der Waals surface area contributed by atoms with Gasteiger partial charge in [-0.15, -0.1) is 23.5 Å². The van der Waals surface area contributed by atoms with E-state index >= 15 is 0 Å². The number of allylic oxidation sites excluding steroid dienone is 2. The molecule has 0 aromatic heterocycles. The van der Waals surface area contributed by atoms with Gasteiger partial charge in [0, 0.05) is 16.1 Å². The maximum Gasteiger partial charge on any atom is 0.211 e. The minimum Gasteiger partial charge on any atom is -0.282 e. The number of carbonyl (C=O) groups excluding carboxylic acids is 1. The molecule has 0 saturated carbocycles. The van der Waals surface area contributed by atoms with Gasteiger partial charge in [-0.1, -0.05) is 24.8 Å². The summed E-state index contributed by atoms with van der Waals surface area (Å²) in [7, 11) is 0. The standard InChI is InChI=1S/C13H20OS4/c1-3-5-13(14)17-7-4-6-16-11(2)8-12-9-15-10-18-12/h3,5,9,11H,4,6-8,10H2,1-2H3. The van der Waals surface area contributed by atoms with Crippen LogP contribution < -0.4 is 0 Å². The maximum atomic E-state index is 11.2. The predicted molar refractivity (Wildman–Crippen MR) is 91.6 cm³/mol. The summed E-state index contributed by atoms with van der Waals surface area (Å²) in [6, 6.07) is 0. The van der Waals surface area contributed by atoms with E-state index in [-0.39, 0.29) is 5.12 Å². The number of hydrogen-bond acceptors (Lipinski definition) is 5. The molecule has 1 atom stereocenters. The molecule has 1 unspecified atom stereocenters. The molecule has 0 radical (unpaired) electrons. The molecule has 1 rings (SSSR count). The van der Waals surface area contributed by atoms with E-state index < -0.39 is 0 Å². The molecule has 1 heterocycles. The molecule has 5 heteroatoms. The molecule has 0 aliphatic carbocycles. The molecule has 0 aromatic rings. The monoisotopic (exact) mass is 320 g/mol. The molecule has 18 heavy (non-hydrogen) atoms. The Morgan fingerprint density at radius 3 is 3.06 bits per heavy atom. The number of hydrogen-bond donors (Lipinski definition) is 0. The first kappa shape index (κ1) is 16.6. The SMILES string of the molecule is CC=CC(=O)SCCCSC(C)CC1=CSCS1. The van der Waals surface area contributed by atoms with Crippen LogP contribution in [0.3, 0.4) is 0 Å². The van der Waals surface area contributed by atoms with Crippen LogP contribution in [0.1, 0.15) is 26.7 Å². The summed E-state index contributed by atoms with van der Waals surface area (Å²) in [6.45, 7) is 4.18. The first-order chi connectivity index (χ1) is 8.72. The predicted octanol–water partition coefficient (Wildman–Crippen LogP) is 5.00. The van der Waals surface area contributed by atoms with E-state index in [1.165, 1.54) is 28.2 Å². The highest BCUT2D eigenvalue weighted by Crippen LogP contribution is 2.36. The third-order valence-electron chi connectivity index (χ3n) is 2.25. The molecular weight excluding hydrogens is 300 g/mol. The molecule has 0 fully saturated rings. The average molecular weight is 321 g/mol. The Morgan fingerprint density at radius 1 is 1.56 bits per heavy atom. The minimum absolute atomic E-state index is 0.181. The van der Waals surface area contributed by atoms with Gasteiger partial charge in [-0.2, -0.15) is 11.8 Å². The van der Waals surface area contributed by atoms with Crippen LogP contribution in [0.15, 0.2) is 22.5 Å². The van der Waals surface area contributed by atoms with E-state index in [1.807, 2.05) is 42.2 Å². The fourth-order valence-electron chi connectivity index (χ4n) is 1.42. The van der Waals surface area contributed by atoms with E-state index in [4.69, 9.17) is 0 Å². The average Bonchev–Trinajstić information content (AvgIpc) is 2.81. The van der Waals surface area contributed by atoms with Crippen molar-refractivity contribution < 1.29 is 4.79 Å². The Bertz CT molecular complexity index is 312. The Morgan fingerprint density at radius 2 is 2.39 bits per heavy atom. The van der Waals surface area contributed by atoms with Crippen LogP contribution in [0.25, 0.3) is 0 Å². The van der Waals surface area contributed by atoms with Crippen molar-refractivity contribution in [3.8, 4) is 0 Å². The van der Waals surface area contributed by atoms with Gasteiger partial charge in [-0.3, -0.25) is 4.79 Å². The zero-order chi connectivity index (χ0) is 13.2. The smallest absolute Gasteiger partial charge is 0.211 e. The molecule has 1 aliphatic heterocycles. The summed E-state index contributed by atoms with van der Waals surface area (Å²) in [5, 5.41) is 4.36. The fraction of sp³-hybridized carbons (Fsp3) is 0.615. The van der Waals surface area contributed by atoms with Crippen LogP contribution in [0.2, 0.25) is 0 Å². The largest absolute Gasteiger partial charge is 0.282 e. The molecule has 0 saturated heterocycles. The summed E-state index contributed by atoms with van der Waals surface area (Å²) in [5.41, 5.74) is 0.